The lowest BCUT2D eigenvalue weighted by Crippen LogP contribution is -2.10. The van der Waals surface area contributed by atoms with Crippen molar-refractivity contribution in [1.29, 1.82) is 0 Å². The number of fused-ring (bicyclic) bond motifs is 1. The minimum atomic E-state index is -0.506. The summed E-state index contributed by atoms with van der Waals surface area (Å²) in [6.45, 7) is 6.24. The van der Waals surface area contributed by atoms with Crippen LogP contribution in [0, 0.1) is 6.92 Å². The van der Waals surface area contributed by atoms with Gasteiger partial charge in [0.1, 0.15) is 0 Å². The monoisotopic (exact) mass is 296 g/mol. The molecule has 0 aliphatic carbocycles. The molecule has 0 bridgehead atoms. The topological polar surface area (TPSA) is 51.2 Å². The van der Waals surface area contributed by atoms with Crippen LogP contribution in [0.15, 0.2) is 11.0 Å². The van der Waals surface area contributed by atoms with Gasteiger partial charge in [-0.3, -0.25) is 5.32 Å². The summed E-state index contributed by atoms with van der Waals surface area (Å²) in [6, 6.07) is 2.05. The van der Waals surface area contributed by atoms with Crippen LogP contribution in [-0.4, -0.2) is 18.2 Å². The number of carbonyl (C=O) groups excluding carboxylic acids is 1. The SMILES string of the molecule is COC(=O)Nc1nc2c(C(C)C)cc(S)c(C)c2s1. The Kier molecular flexibility index (Phi) is 4.01. The number of ether oxygens (including phenoxy) is 1. The molecular formula is C13H16N2O2S2. The van der Waals surface area contributed by atoms with Crippen LogP contribution in [0.4, 0.5) is 9.93 Å². The molecular weight excluding hydrogens is 280 g/mol. The first-order chi connectivity index (χ1) is 8.93. The van der Waals surface area contributed by atoms with Gasteiger partial charge < -0.3 is 4.74 Å². The number of nitrogens with one attached hydrogen (secondary N) is 1. The molecule has 6 heteroatoms. The van der Waals surface area contributed by atoms with E-state index < -0.39 is 6.09 Å². The van der Waals surface area contributed by atoms with Gasteiger partial charge in [-0.2, -0.15) is 0 Å². The number of thiazole rings is 1. The Morgan fingerprint density at radius 1 is 1.53 bits per heavy atom. The van der Waals surface area contributed by atoms with Gasteiger partial charge in [0.05, 0.1) is 17.3 Å². The van der Waals surface area contributed by atoms with E-state index in [2.05, 4.69) is 41.5 Å². The molecule has 0 fully saturated rings. The fourth-order valence-electron chi connectivity index (χ4n) is 1.84. The predicted molar refractivity (Wildman–Crippen MR) is 81.7 cm³/mol. The molecule has 1 N–H and O–H groups in total. The standard InChI is InChI=1S/C13H16N2O2S2/c1-6(2)8-5-9(18)7(3)11-10(8)14-12(19-11)15-13(16)17-4/h5-6,18H,1-4H3,(H,14,15,16). The second kappa shape index (κ2) is 5.38. The quantitative estimate of drug-likeness (QED) is 0.817. The molecule has 0 saturated carbocycles. The molecule has 0 radical (unpaired) electrons. The minimum absolute atomic E-state index is 0.349. The first kappa shape index (κ1) is 14.1. The number of aryl methyl sites for hydroxylation is 1. The van der Waals surface area contributed by atoms with Crippen molar-refractivity contribution in [2.45, 2.75) is 31.6 Å². The first-order valence-electron chi connectivity index (χ1n) is 5.92. The molecule has 1 aromatic heterocycles. The van der Waals surface area contributed by atoms with Gasteiger partial charge in [-0.25, -0.2) is 9.78 Å². The molecule has 4 nitrogen and oxygen atoms in total. The van der Waals surface area contributed by atoms with Gasteiger partial charge in [0.15, 0.2) is 5.13 Å². The Labute approximate surface area is 121 Å². The molecule has 1 heterocycles. The number of rotatable bonds is 2. The van der Waals surface area contributed by atoms with Crippen molar-refractivity contribution in [1.82, 2.24) is 4.98 Å². The molecule has 0 aliphatic rings. The largest absolute Gasteiger partial charge is 0.453 e. The van der Waals surface area contributed by atoms with Crippen LogP contribution in [0.5, 0.6) is 0 Å². The number of methoxy groups -OCH3 is 1. The van der Waals surface area contributed by atoms with Gasteiger partial charge >= 0.3 is 6.09 Å². The van der Waals surface area contributed by atoms with Crippen molar-refractivity contribution in [3.63, 3.8) is 0 Å². The second-order valence-corrected chi connectivity index (χ2v) is 6.06. The number of hydrogen-bond donors (Lipinski definition) is 2. The predicted octanol–water partition coefficient (Wildman–Crippen LogP) is 4.20. The van der Waals surface area contributed by atoms with Gasteiger partial charge in [-0.15, -0.1) is 12.6 Å². The number of hydrogen-bond acceptors (Lipinski definition) is 5. The van der Waals surface area contributed by atoms with Crippen molar-refractivity contribution in [3.8, 4) is 0 Å². The summed E-state index contributed by atoms with van der Waals surface area (Å²) in [6.07, 6.45) is -0.506. The van der Waals surface area contributed by atoms with E-state index in [1.807, 2.05) is 13.0 Å². The van der Waals surface area contributed by atoms with Crippen molar-refractivity contribution in [3.05, 3.63) is 17.2 Å². The highest BCUT2D eigenvalue weighted by atomic mass is 32.1. The summed E-state index contributed by atoms with van der Waals surface area (Å²) in [5.41, 5.74) is 3.15. The molecule has 2 rings (SSSR count). The van der Waals surface area contributed by atoms with E-state index >= 15 is 0 Å². The van der Waals surface area contributed by atoms with Crippen LogP contribution in [0.1, 0.15) is 30.9 Å². The average molecular weight is 296 g/mol. The second-order valence-electron chi connectivity index (χ2n) is 4.58. The van der Waals surface area contributed by atoms with Gasteiger partial charge in [-0.05, 0) is 30.0 Å². The maximum absolute atomic E-state index is 11.2. The molecule has 0 aliphatic heterocycles. The Balaban J connectivity index is 2.59. The molecule has 2 aromatic rings. The average Bonchev–Trinajstić information content (AvgIpc) is 2.77. The lowest BCUT2D eigenvalue weighted by atomic mass is 10.0. The van der Waals surface area contributed by atoms with Crippen molar-refractivity contribution >= 4 is 45.4 Å². The van der Waals surface area contributed by atoms with Gasteiger partial charge in [0.25, 0.3) is 0 Å². The zero-order chi connectivity index (χ0) is 14.2. The highest BCUT2D eigenvalue weighted by Gasteiger charge is 2.16. The van der Waals surface area contributed by atoms with Crippen LogP contribution in [-0.2, 0) is 4.74 Å². The third-order valence-corrected chi connectivity index (χ3v) is 4.49. The third kappa shape index (κ3) is 2.69. The smallest absolute Gasteiger partial charge is 0.413 e. The normalized spacial score (nSPS) is 11.1. The van der Waals surface area contributed by atoms with E-state index in [1.54, 1.807) is 0 Å². The van der Waals surface area contributed by atoms with Crippen LogP contribution >= 0.6 is 24.0 Å². The number of anilines is 1. The Bertz CT molecular complexity index is 635. The van der Waals surface area contributed by atoms with E-state index in [-0.39, 0.29) is 0 Å². The minimum Gasteiger partial charge on any atom is -0.453 e. The molecule has 0 atom stereocenters. The van der Waals surface area contributed by atoms with Crippen LogP contribution in [0.25, 0.3) is 10.2 Å². The zero-order valence-corrected chi connectivity index (χ0v) is 13.0. The van der Waals surface area contributed by atoms with Crippen LogP contribution in [0.3, 0.4) is 0 Å². The summed E-state index contributed by atoms with van der Waals surface area (Å²) < 4.78 is 5.64. The van der Waals surface area contributed by atoms with Crippen LogP contribution in [0.2, 0.25) is 0 Å². The molecule has 0 saturated heterocycles. The molecule has 1 aromatic carbocycles. The van der Waals surface area contributed by atoms with Crippen molar-refractivity contribution < 1.29 is 9.53 Å². The number of carbonyl (C=O) groups is 1. The lowest BCUT2D eigenvalue weighted by molar-refractivity contribution is 0.187. The summed E-state index contributed by atoms with van der Waals surface area (Å²) in [5, 5.41) is 3.16. The number of benzene rings is 1. The van der Waals surface area contributed by atoms with Crippen molar-refractivity contribution in [2.24, 2.45) is 0 Å². The van der Waals surface area contributed by atoms with E-state index in [0.29, 0.717) is 11.0 Å². The number of aromatic nitrogens is 1. The van der Waals surface area contributed by atoms with E-state index in [1.165, 1.54) is 18.4 Å². The maximum atomic E-state index is 11.2. The Hall–Kier alpha value is -1.27. The molecule has 0 spiro atoms. The summed E-state index contributed by atoms with van der Waals surface area (Å²) in [5.74, 6) is 0.349. The number of nitrogens with zero attached hydrogens (tertiary/aromatic N) is 1. The molecule has 0 unspecified atom stereocenters. The van der Waals surface area contributed by atoms with Gasteiger partial charge in [0, 0.05) is 4.90 Å². The van der Waals surface area contributed by atoms with Crippen molar-refractivity contribution in [2.75, 3.05) is 12.4 Å². The summed E-state index contributed by atoms with van der Waals surface area (Å²) in [7, 11) is 1.33. The first-order valence-corrected chi connectivity index (χ1v) is 7.18. The highest BCUT2D eigenvalue weighted by Crippen LogP contribution is 2.37. The highest BCUT2D eigenvalue weighted by molar-refractivity contribution is 7.80. The summed E-state index contributed by atoms with van der Waals surface area (Å²) in [4.78, 5) is 16.7. The van der Waals surface area contributed by atoms with Crippen LogP contribution < -0.4 is 5.32 Å². The Morgan fingerprint density at radius 2 is 2.21 bits per heavy atom. The fraction of sp³-hybridized carbons (Fsp3) is 0.385. The van der Waals surface area contributed by atoms with Gasteiger partial charge in [-0.1, -0.05) is 25.2 Å². The van der Waals surface area contributed by atoms with E-state index in [4.69, 9.17) is 0 Å². The number of thiol groups is 1. The molecule has 102 valence electrons. The van der Waals surface area contributed by atoms with E-state index in [0.717, 1.165) is 26.2 Å². The van der Waals surface area contributed by atoms with E-state index in [9.17, 15) is 4.79 Å². The maximum Gasteiger partial charge on any atom is 0.413 e. The van der Waals surface area contributed by atoms with Gasteiger partial charge in [0.2, 0.25) is 0 Å². The molecule has 1 amide bonds. The summed E-state index contributed by atoms with van der Waals surface area (Å²) >= 11 is 5.94. The third-order valence-electron chi connectivity index (χ3n) is 2.93. The molecule has 19 heavy (non-hydrogen) atoms. The zero-order valence-electron chi connectivity index (χ0n) is 11.3. The lowest BCUT2D eigenvalue weighted by Gasteiger charge is -2.09. The number of amides is 1. The fourth-order valence-corrected chi connectivity index (χ4v) is 3.16. The Morgan fingerprint density at radius 3 is 2.79 bits per heavy atom.